The van der Waals surface area contributed by atoms with Crippen molar-refractivity contribution in [3.8, 4) is 11.5 Å². The van der Waals surface area contributed by atoms with Gasteiger partial charge in [0.1, 0.15) is 0 Å². The Labute approximate surface area is 137 Å². The molecular weight excluding hydrogens is 296 g/mol. The SMILES string of the molecule is CN=C(NCCN(C)CCOC)NCc1ccc2c(c1)OCO2. The van der Waals surface area contributed by atoms with Crippen LogP contribution >= 0.6 is 0 Å². The molecule has 0 aromatic heterocycles. The zero-order valence-electron chi connectivity index (χ0n) is 14.1. The van der Waals surface area contributed by atoms with Crippen LogP contribution in [0.3, 0.4) is 0 Å². The number of hydrogen-bond acceptors (Lipinski definition) is 5. The summed E-state index contributed by atoms with van der Waals surface area (Å²) in [6.45, 7) is 4.38. The van der Waals surface area contributed by atoms with E-state index in [1.54, 1.807) is 14.2 Å². The third-order valence-electron chi connectivity index (χ3n) is 3.58. The molecule has 2 N–H and O–H groups in total. The van der Waals surface area contributed by atoms with Gasteiger partial charge in [-0.05, 0) is 24.7 Å². The fourth-order valence-electron chi connectivity index (χ4n) is 2.18. The Hall–Kier alpha value is -1.99. The molecule has 1 aromatic carbocycles. The third-order valence-corrected chi connectivity index (χ3v) is 3.58. The van der Waals surface area contributed by atoms with Crippen LogP contribution in [0.15, 0.2) is 23.2 Å². The van der Waals surface area contributed by atoms with Crippen molar-refractivity contribution in [2.24, 2.45) is 4.99 Å². The average molecular weight is 322 g/mol. The second-order valence-corrected chi connectivity index (χ2v) is 5.34. The number of guanidine groups is 1. The van der Waals surface area contributed by atoms with E-state index in [9.17, 15) is 0 Å². The van der Waals surface area contributed by atoms with Gasteiger partial charge in [-0.2, -0.15) is 0 Å². The number of benzene rings is 1. The predicted molar refractivity (Wildman–Crippen MR) is 90.1 cm³/mol. The molecule has 0 saturated heterocycles. The average Bonchev–Trinajstić information content (AvgIpc) is 3.03. The van der Waals surface area contributed by atoms with Crippen molar-refractivity contribution in [1.29, 1.82) is 0 Å². The topological polar surface area (TPSA) is 67.4 Å². The number of ether oxygens (including phenoxy) is 3. The van der Waals surface area contributed by atoms with E-state index in [1.165, 1.54) is 0 Å². The quantitative estimate of drug-likeness (QED) is 0.541. The van der Waals surface area contributed by atoms with Crippen molar-refractivity contribution in [1.82, 2.24) is 15.5 Å². The number of hydrogen-bond donors (Lipinski definition) is 2. The van der Waals surface area contributed by atoms with Gasteiger partial charge in [-0.15, -0.1) is 0 Å². The van der Waals surface area contributed by atoms with Crippen LogP contribution in [0, 0.1) is 0 Å². The summed E-state index contributed by atoms with van der Waals surface area (Å²) in [5.41, 5.74) is 1.12. The molecule has 1 aliphatic rings. The summed E-state index contributed by atoms with van der Waals surface area (Å²) in [7, 11) is 5.56. The van der Waals surface area contributed by atoms with E-state index in [0.29, 0.717) is 13.3 Å². The fourth-order valence-corrected chi connectivity index (χ4v) is 2.18. The van der Waals surface area contributed by atoms with Crippen LogP contribution in [0.5, 0.6) is 11.5 Å². The van der Waals surface area contributed by atoms with Gasteiger partial charge >= 0.3 is 0 Å². The molecule has 1 aliphatic heterocycles. The van der Waals surface area contributed by atoms with Gasteiger partial charge in [0.25, 0.3) is 0 Å². The first-order valence-corrected chi connectivity index (χ1v) is 7.73. The van der Waals surface area contributed by atoms with Crippen LogP contribution in [0.4, 0.5) is 0 Å². The largest absolute Gasteiger partial charge is 0.454 e. The second-order valence-electron chi connectivity index (χ2n) is 5.34. The highest BCUT2D eigenvalue weighted by Gasteiger charge is 2.13. The molecule has 0 atom stereocenters. The number of aliphatic imine (C=N–C) groups is 1. The first kappa shape index (κ1) is 17.4. The van der Waals surface area contributed by atoms with Crippen LogP contribution in [0.2, 0.25) is 0 Å². The normalized spacial score (nSPS) is 13.5. The van der Waals surface area contributed by atoms with Crippen molar-refractivity contribution in [2.75, 3.05) is 54.2 Å². The third kappa shape index (κ3) is 5.61. The summed E-state index contributed by atoms with van der Waals surface area (Å²) in [6, 6.07) is 5.94. The monoisotopic (exact) mass is 322 g/mol. The first-order chi connectivity index (χ1) is 11.2. The van der Waals surface area contributed by atoms with Gasteiger partial charge in [-0.25, -0.2) is 0 Å². The molecule has 2 rings (SSSR count). The molecule has 0 spiro atoms. The molecule has 0 amide bonds. The van der Waals surface area contributed by atoms with Gasteiger partial charge in [0.15, 0.2) is 17.5 Å². The number of methoxy groups -OCH3 is 1. The first-order valence-electron chi connectivity index (χ1n) is 7.73. The molecule has 7 heteroatoms. The van der Waals surface area contributed by atoms with E-state index in [-0.39, 0.29) is 0 Å². The minimum absolute atomic E-state index is 0.298. The molecule has 23 heavy (non-hydrogen) atoms. The fraction of sp³-hybridized carbons (Fsp3) is 0.562. The van der Waals surface area contributed by atoms with Gasteiger partial charge in [0.2, 0.25) is 6.79 Å². The van der Waals surface area contributed by atoms with Crippen molar-refractivity contribution in [3.63, 3.8) is 0 Å². The maximum atomic E-state index is 5.38. The highest BCUT2D eigenvalue weighted by Crippen LogP contribution is 2.32. The molecule has 1 heterocycles. The van der Waals surface area contributed by atoms with Crippen LogP contribution in [0.1, 0.15) is 5.56 Å². The Balaban J connectivity index is 1.71. The van der Waals surface area contributed by atoms with Crippen molar-refractivity contribution in [2.45, 2.75) is 6.54 Å². The molecule has 0 radical (unpaired) electrons. The molecule has 0 aliphatic carbocycles. The Kier molecular flexibility index (Phi) is 6.96. The van der Waals surface area contributed by atoms with Crippen molar-refractivity contribution in [3.05, 3.63) is 23.8 Å². The Morgan fingerprint density at radius 1 is 1.26 bits per heavy atom. The van der Waals surface area contributed by atoms with Gasteiger partial charge in [-0.3, -0.25) is 4.99 Å². The number of likely N-dealkylation sites (N-methyl/N-ethyl adjacent to an activating group) is 1. The van der Waals surface area contributed by atoms with Crippen LogP contribution < -0.4 is 20.1 Å². The van der Waals surface area contributed by atoms with Crippen LogP contribution in [-0.2, 0) is 11.3 Å². The summed E-state index contributed by atoms with van der Waals surface area (Å²) >= 11 is 0. The molecule has 0 unspecified atom stereocenters. The maximum Gasteiger partial charge on any atom is 0.231 e. The molecule has 0 saturated carbocycles. The zero-order valence-corrected chi connectivity index (χ0v) is 14.1. The zero-order chi connectivity index (χ0) is 16.5. The van der Waals surface area contributed by atoms with Gasteiger partial charge in [0.05, 0.1) is 6.61 Å². The number of rotatable bonds is 8. The molecule has 128 valence electrons. The summed E-state index contributed by atoms with van der Waals surface area (Å²) in [5.74, 6) is 2.38. The minimum atomic E-state index is 0.298. The number of fused-ring (bicyclic) bond motifs is 1. The maximum absolute atomic E-state index is 5.38. The highest BCUT2D eigenvalue weighted by atomic mass is 16.7. The molecular formula is C16H26N4O3. The molecule has 1 aromatic rings. The molecule has 0 fully saturated rings. The van der Waals surface area contributed by atoms with E-state index in [1.807, 2.05) is 18.2 Å². The van der Waals surface area contributed by atoms with E-state index < -0.39 is 0 Å². The number of nitrogens with one attached hydrogen (secondary N) is 2. The van der Waals surface area contributed by atoms with Crippen LogP contribution in [-0.4, -0.2) is 65.1 Å². The van der Waals surface area contributed by atoms with Crippen LogP contribution in [0.25, 0.3) is 0 Å². The lowest BCUT2D eigenvalue weighted by atomic mass is 10.2. The standard InChI is InChI=1S/C16H26N4O3/c1-17-16(18-6-7-20(2)8-9-21-3)19-11-13-4-5-14-15(10-13)23-12-22-14/h4-5,10H,6-9,11-12H2,1-3H3,(H2,17,18,19). The summed E-state index contributed by atoms with van der Waals surface area (Å²) < 4.78 is 15.8. The Morgan fingerprint density at radius 3 is 2.87 bits per heavy atom. The summed E-state index contributed by atoms with van der Waals surface area (Å²) in [5, 5.41) is 6.59. The predicted octanol–water partition coefficient (Wildman–Crippen LogP) is 0.659. The smallest absolute Gasteiger partial charge is 0.231 e. The van der Waals surface area contributed by atoms with Crippen molar-refractivity contribution < 1.29 is 14.2 Å². The second kappa shape index (κ2) is 9.22. The molecule has 7 nitrogen and oxygen atoms in total. The van der Waals surface area contributed by atoms with E-state index in [0.717, 1.165) is 49.3 Å². The van der Waals surface area contributed by atoms with Crippen molar-refractivity contribution >= 4 is 5.96 Å². The lowest BCUT2D eigenvalue weighted by Crippen LogP contribution is -2.41. The van der Waals surface area contributed by atoms with Gasteiger partial charge < -0.3 is 29.7 Å². The summed E-state index contributed by atoms with van der Waals surface area (Å²) in [4.78, 5) is 6.44. The number of nitrogens with zero attached hydrogens (tertiary/aromatic N) is 2. The highest BCUT2D eigenvalue weighted by molar-refractivity contribution is 5.79. The molecule has 0 bridgehead atoms. The lowest BCUT2D eigenvalue weighted by Gasteiger charge is -2.17. The Bertz CT molecular complexity index is 522. The lowest BCUT2D eigenvalue weighted by molar-refractivity contribution is 0.162. The van der Waals surface area contributed by atoms with E-state index in [2.05, 4.69) is 27.6 Å². The van der Waals surface area contributed by atoms with E-state index >= 15 is 0 Å². The van der Waals surface area contributed by atoms with Gasteiger partial charge in [0, 0.05) is 40.3 Å². The Morgan fingerprint density at radius 2 is 2.09 bits per heavy atom. The van der Waals surface area contributed by atoms with Gasteiger partial charge in [-0.1, -0.05) is 6.07 Å². The summed E-state index contributed by atoms with van der Waals surface area (Å²) in [6.07, 6.45) is 0. The minimum Gasteiger partial charge on any atom is -0.454 e. The van der Waals surface area contributed by atoms with E-state index in [4.69, 9.17) is 14.2 Å².